The van der Waals surface area contributed by atoms with Crippen molar-refractivity contribution >= 4 is 17.5 Å². The number of benzene rings is 1. The van der Waals surface area contributed by atoms with Crippen LogP contribution >= 0.6 is 0 Å². The number of carbonyl (C=O) groups excluding carboxylic acids is 2. The minimum absolute atomic E-state index is 0.0424. The predicted octanol–water partition coefficient (Wildman–Crippen LogP) is 3.69. The van der Waals surface area contributed by atoms with Crippen LogP contribution in [-0.4, -0.2) is 29.3 Å². The number of hydrogen-bond donors (Lipinski definition) is 1. The highest BCUT2D eigenvalue weighted by Crippen LogP contribution is 2.52. The van der Waals surface area contributed by atoms with E-state index in [2.05, 4.69) is 26.1 Å². The third-order valence-electron chi connectivity index (χ3n) is 5.14. The van der Waals surface area contributed by atoms with E-state index in [4.69, 9.17) is 0 Å². The van der Waals surface area contributed by atoms with Crippen molar-refractivity contribution in [2.75, 3.05) is 11.9 Å². The van der Waals surface area contributed by atoms with E-state index in [1.165, 1.54) is 6.92 Å². The molecule has 2 bridgehead atoms. The Morgan fingerprint density at radius 3 is 2.57 bits per heavy atom. The topological polar surface area (TPSA) is 49.4 Å². The summed E-state index contributed by atoms with van der Waals surface area (Å²) >= 11 is 0. The standard InChI is InChI=1S/C19H26N2O2/c1-13(22)20-16-8-6-5-7-15(16)17(23)21-12-19(4)10-14(21)9-18(2,3)11-19/h5-8,14H,9-12H2,1-4H3,(H,20,22)/t14-,19+/m1/s1. The highest BCUT2D eigenvalue weighted by atomic mass is 16.2. The van der Waals surface area contributed by atoms with Gasteiger partial charge in [0.25, 0.3) is 5.91 Å². The van der Waals surface area contributed by atoms with Gasteiger partial charge >= 0.3 is 0 Å². The lowest BCUT2D eigenvalue weighted by Crippen LogP contribution is -2.38. The van der Waals surface area contributed by atoms with Crippen LogP contribution in [0.15, 0.2) is 24.3 Å². The van der Waals surface area contributed by atoms with Gasteiger partial charge in [-0.2, -0.15) is 0 Å². The zero-order valence-corrected chi connectivity index (χ0v) is 14.5. The molecule has 2 aliphatic rings. The van der Waals surface area contributed by atoms with Crippen molar-refractivity contribution in [3.8, 4) is 0 Å². The molecule has 1 heterocycles. The van der Waals surface area contributed by atoms with Crippen molar-refractivity contribution in [3.05, 3.63) is 29.8 Å². The first-order valence-corrected chi connectivity index (χ1v) is 8.37. The summed E-state index contributed by atoms with van der Waals surface area (Å²) in [5.41, 5.74) is 1.70. The summed E-state index contributed by atoms with van der Waals surface area (Å²) in [6.45, 7) is 9.18. The molecule has 1 N–H and O–H groups in total. The first-order valence-electron chi connectivity index (χ1n) is 8.37. The number of para-hydroxylation sites is 1. The number of hydrogen-bond acceptors (Lipinski definition) is 2. The number of nitrogens with zero attached hydrogens (tertiary/aromatic N) is 1. The van der Waals surface area contributed by atoms with E-state index in [0.29, 0.717) is 17.3 Å². The van der Waals surface area contributed by atoms with Gasteiger partial charge in [-0.25, -0.2) is 0 Å². The van der Waals surface area contributed by atoms with Gasteiger partial charge in [0, 0.05) is 19.5 Å². The van der Waals surface area contributed by atoms with E-state index in [1.807, 2.05) is 23.1 Å². The second kappa shape index (κ2) is 5.36. The normalized spacial score (nSPS) is 28.5. The van der Waals surface area contributed by atoms with Gasteiger partial charge in [0.1, 0.15) is 0 Å². The largest absolute Gasteiger partial charge is 0.335 e. The van der Waals surface area contributed by atoms with Crippen LogP contribution in [0.2, 0.25) is 0 Å². The van der Waals surface area contributed by atoms with E-state index in [1.54, 1.807) is 6.07 Å². The van der Waals surface area contributed by atoms with E-state index in [9.17, 15) is 9.59 Å². The van der Waals surface area contributed by atoms with Crippen molar-refractivity contribution in [1.29, 1.82) is 0 Å². The van der Waals surface area contributed by atoms with Crippen LogP contribution in [0.5, 0.6) is 0 Å². The number of fused-ring (bicyclic) bond motifs is 2. The SMILES string of the molecule is CC(=O)Nc1ccccc1C(=O)N1C[C@@]2(C)C[C@H]1CC(C)(C)C2. The number of rotatable bonds is 2. The first-order chi connectivity index (χ1) is 10.7. The lowest BCUT2D eigenvalue weighted by atomic mass is 9.65. The van der Waals surface area contributed by atoms with Gasteiger partial charge in [0.15, 0.2) is 0 Å². The second-order valence-corrected chi connectivity index (χ2v) is 8.37. The molecule has 0 aromatic heterocycles. The summed E-state index contributed by atoms with van der Waals surface area (Å²) in [6.07, 6.45) is 3.30. The zero-order valence-electron chi connectivity index (χ0n) is 14.5. The third kappa shape index (κ3) is 3.12. The maximum Gasteiger partial charge on any atom is 0.256 e. The van der Waals surface area contributed by atoms with Crippen molar-refractivity contribution in [3.63, 3.8) is 0 Å². The molecule has 2 amide bonds. The summed E-state index contributed by atoms with van der Waals surface area (Å²) in [5, 5.41) is 2.78. The van der Waals surface area contributed by atoms with Crippen LogP contribution in [0.3, 0.4) is 0 Å². The predicted molar refractivity (Wildman–Crippen MR) is 91.3 cm³/mol. The molecule has 1 aromatic rings. The Hall–Kier alpha value is -1.84. The molecule has 0 spiro atoms. The quantitative estimate of drug-likeness (QED) is 0.905. The second-order valence-electron chi connectivity index (χ2n) is 8.37. The van der Waals surface area contributed by atoms with E-state index in [-0.39, 0.29) is 22.6 Å². The number of nitrogens with one attached hydrogen (secondary N) is 1. The van der Waals surface area contributed by atoms with Crippen molar-refractivity contribution in [2.45, 2.75) is 53.0 Å². The van der Waals surface area contributed by atoms with Gasteiger partial charge in [-0.1, -0.05) is 32.9 Å². The van der Waals surface area contributed by atoms with Crippen molar-refractivity contribution in [1.82, 2.24) is 4.90 Å². The Morgan fingerprint density at radius 2 is 1.87 bits per heavy atom. The molecule has 4 nitrogen and oxygen atoms in total. The average Bonchev–Trinajstić information content (AvgIpc) is 2.67. The first kappa shape index (κ1) is 16.0. The molecule has 3 rings (SSSR count). The average molecular weight is 314 g/mol. The molecule has 124 valence electrons. The van der Waals surface area contributed by atoms with E-state index >= 15 is 0 Å². The Labute approximate surface area is 138 Å². The lowest BCUT2D eigenvalue weighted by molar-refractivity contribution is -0.114. The van der Waals surface area contributed by atoms with E-state index < -0.39 is 0 Å². The molecule has 4 heteroatoms. The highest BCUT2D eigenvalue weighted by molar-refractivity contribution is 6.03. The minimum Gasteiger partial charge on any atom is -0.335 e. The molecule has 0 radical (unpaired) electrons. The zero-order chi connectivity index (χ0) is 16.8. The monoisotopic (exact) mass is 314 g/mol. The van der Waals surface area contributed by atoms with Gasteiger partial charge in [-0.05, 0) is 42.2 Å². The van der Waals surface area contributed by atoms with Crippen LogP contribution in [0.4, 0.5) is 5.69 Å². The van der Waals surface area contributed by atoms with Gasteiger partial charge in [0.05, 0.1) is 11.3 Å². The van der Waals surface area contributed by atoms with Crippen molar-refractivity contribution in [2.24, 2.45) is 10.8 Å². The molecule has 1 aliphatic carbocycles. The maximum atomic E-state index is 13.1. The number of amides is 2. The summed E-state index contributed by atoms with van der Waals surface area (Å²) in [5.74, 6) is -0.112. The highest BCUT2D eigenvalue weighted by Gasteiger charge is 2.51. The van der Waals surface area contributed by atoms with Crippen LogP contribution in [0.1, 0.15) is 57.3 Å². The molecule has 2 fully saturated rings. The smallest absolute Gasteiger partial charge is 0.256 e. The number of anilines is 1. The fraction of sp³-hybridized carbons (Fsp3) is 0.579. The minimum atomic E-state index is -0.154. The number of likely N-dealkylation sites (tertiary alicyclic amines) is 1. The molecule has 2 atom stereocenters. The van der Waals surface area contributed by atoms with Gasteiger partial charge < -0.3 is 10.2 Å². The lowest BCUT2D eigenvalue weighted by Gasteiger charge is -2.39. The van der Waals surface area contributed by atoms with Crippen LogP contribution in [0, 0.1) is 10.8 Å². The Balaban J connectivity index is 1.89. The Kier molecular flexibility index (Phi) is 3.74. The van der Waals surface area contributed by atoms with Crippen LogP contribution in [0.25, 0.3) is 0 Å². The molecule has 0 unspecified atom stereocenters. The number of carbonyl (C=O) groups is 2. The van der Waals surface area contributed by atoms with E-state index in [0.717, 1.165) is 25.8 Å². The van der Waals surface area contributed by atoms with Crippen LogP contribution in [-0.2, 0) is 4.79 Å². The molecule has 1 aromatic carbocycles. The van der Waals surface area contributed by atoms with Gasteiger partial charge in [-0.3, -0.25) is 9.59 Å². The fourth-order valence-corrected chi connectivity index (χ4v) is 4.82. The summed E-state index contributed by atoms with van der Waals surface area (Å²) in [7, 11) is 0. The molecule has 1 aliphatic heterocycles. The van der Waals surface area contributed by atoms with Gasteiger partial charge in [-0.15, -0.1) is 0 Å². The van der Waals surface area contributed by atoms with Gasteiger partial charge in [0.2, 0.25) is 5.91 Å². The third-order valence-corrected chi connectivity index (χ3v) is 5.14. The molecule has 23 heavy (non-hydrogen) atoms. The molecule has 1 saturated carbocycles. The summed E-state index contributed by atoms with van der Waals surface area (Å²) in [6, 6.07) is 7.61. The Morgan fingerprint density at radius 1 is 1.17 bits per heavy atom. The molecule has 1 saturated heterocycles. The molecular formula is C19H26N2O2. The maximum absolute atomic E-state index is 13.1. The fourth-order valence-electron chi connectivity index (χ4n) is 4.82. The van der Waals surface area contributed by atoms with Crippen molar-refractivity contribution < 1.29 is 9.59 Å². The summed E-state index contributed by atoms with van der Waals surface area (Å²) in [4.78, 5) is 26.5. The molecular weight excluding hydrogens is 288 g/mol. The Bertz CT molecular complexity index is 653. The van der Waals surface area contributed by atoms with Crippen LogP contribution < -0.4 is 5.32 Å². The summed E-state index contributed by atoms with van der Waals surface area (Å²) < 4.78 is 0.